The molecule has 0 aliphatic rings. The molecule has 1 aromatic rings. The van der Waals surface area contributed by atoms with E-state index in [-0.39, 0.29) is 24.5 Å². The molecule has 0 saturated heterocycles. The van der Waals surface area contributed by atoms with Crippen molar-refractivity contribution in [2.24, 2.45) is 0 Å². The van der Waals surface area contributed by atoms with Crippen LogP contribution in [0, 0.1) is 0 Å². The zero-order valence-electron chi connectivity index (χ0n) is 10.3. The Morgan fingerprint density at radius 1 is 1.39 bits per heavy atom. The second-order valence-electron chi connectivity index (χ2n) is 3.74. The Morgan fingerprint density at radius 3 is 2.67 bits per heavy atom. The van der Waals surface area contributed by atoms with Gasteiger partial charge >= 0.3 is 6.18 Å². The van der Waals surface area contributed by atoms with Crippen molar-refractivity contribution >= 4 is 0 Å². The first kappa shape index (κ1) is 14.8. The monoisotopic (exact) mass is 263 g/mol. The summed E-state index contributed by atoms with van der Waals surface area (Å²) in [5.74, 6) is 0.0515. The molecule has 0 bridgehead atoms. The summed E-state index contributed by atoms with van der Waals surface area (Å²) in [4.78, 5) is 7.40. The fourth-order valence-electron chi connectivity index (χ4n) is 1.39. The number of aromatic nitrogens is 2. The molecule has 0 fully saturated rings. The van der Waals surface area contributed by atoms with Crippen molar-refractivity contribution in [3.63, 3.8) is 0 Å². The van der Waals surface area contributed by atoms with Crippen LogP contribution in [0.3, 0.4) is 0 Å². The fraction of sp³-hybridized carbons (Fsp3) is 0.636. The summed E-state index contributed by atoms with van der Waals surface area (Å²) >= 11 is 0. The third-order valence-corrected chi connectivity index (χ3v) is 2.13. The summed E-state index contributed by atoms with van der Waals surface area (Å²) in [6, 6.07) is 0. The molecule has 102 valence electrons. The van der Waals surface area contributed by atoms with Crippen molar-refractivity contribution in [2.75, 3.05) is 13.7 Å². The third-order valence-electron chi connectivity index (χ3n) is 2.13. The highest BCUT2D eigenvalue weighted by atomic mass is 19.4. The summed E-state index contributed by atoms with van der Waals surface area (Å²) in [6.07, 6.45) is -2.49. The van der Waals surface area contributed by atoms with E-state index in [0.717, 1.165) is 6.42 Å². The predicted molar refractivity (Wildman–Crippen MR) is 59.7 cm³/mol. The Balaban J connectivity index is 2.91. The van der Waals surface area contributed by atoms with Crippen LogP contribution in [0.5, 0.6) is 0 Å². The Hall–Kier alpha value is -1.21. The maximum Gasteiger partial charge on any atom is 0.433 e. The van der Waals surface area contributed by atoms with Crippen molar-refractivity contribution < 1.29 is 17.9 Å². The lowest BCUT2D eigenvalue weighted by molar-refractivity contribution is -0.142. The van der Waals surface area contributed by atoms with Crippen LogP contribution in [0.1, 0.15) is 30.4 Å². The molecule has 1 rings (SSSR count). The van der Waals surface area contributed by atoms with Gasteiger partial charge in [0.25, 0.3) is 0 Å². The summed E-state index contributed by atoms with van der Waals surface area (Å²) in [6.45, 7) is 2.46. The van der Waals surface area contributed by atoms with Gasteiger partial charge in [-0.2, -0.15) is 13.2 Å². The molecule has 0 aliphatic carbocycles. The van der Waals surface area contributed by atoms with Crippen LogP contribution in [-0.4, -0.2) is 23.6 Å². The second kappa shape index (κ2) is 6.65. The molecule has 0 unspecified atom stereocenters. The van der Waals surface area contributed by atoms with Gasteiger partial charge in [-0.05, 0) is 13.5 Å². The number of ether oxygens (including phenoxy) is 1. The first-order valence-corrected chi connectivity index (χ1v) is 5.63. The van der Waals surface area contributed by atoms with E-state index in [4.69, 9.17) is 4.74 Å². The molecule has 18 heavy (non-hydrogen) atoms. The Bertz CT molecular complexity index is 382. The highest BCUT2D eigenvalue weighted by Gasteiger charge is 2.35. The van der Waals surface area contributed by atoms with Gasteiger partial charge in [-0.1, -0.05) is 6.92 Å². The lowest BCUT2D eigenvalue weighted by Crippen LogP contribution is -2.18. The Labute approximate surface area is 104 Å². The van der Waals surface area contributed by atoms with Gasteiger partial charge in [0.05, 0.1) is 0 Å². The molecule has 0 amide bonds. The molecule has 1 aromatic heterocycles. The van der Waals surface area contributed by atoms with Crippen molar-refractivity contribution in [2.45, 2.75) is 32.7 Å². The molecule has 1 heterocycles. The maximum atomic E-state index is 12.8. The number of alkyl halides is 3. The standard InChI is InChI=1S/C11H16F3N3O/c1-3-4-18-7-9-16-6-8(5-15-2)10(17-9)11(12,13)14/h6,15H,3-5,7H2,1-2H3. The van der Waals surface area contributed by atoms with Gasteiger partial charge in [-0.15, -0.1) is 0 Å². The highest BCUT2D eigenvalue weighted by molar-refractivity contribution is 5.20. The molecule has 0 aromatic carbocycles. The average Bonchev–Trinajstić information content (AvgIpc) is 2.30. The number of rotatable bonds is 6. The van der Waals surface area contributed by atoms with Gasteiger partial charge in [0.2, 0.25) is 0 Å². The quantitative estimate of drug-likeness (QED) is 0.799. The van der Waals surface area contributed by atoms with E-state index in [1.807, 2.05) is 6.92 Å². The highest BCUT2D eigenvalue weighted by Crippen LogP contribution is 2.30. The zero-order valence-corrected chi connectivity index (χ0v) is 10.3. The van der Waals surface area contributed by atoms with Gasteiger partial charge in [0.1, 0.15) is 6.61 Å². The largest absolute Gasteiger partial charge is 0.433 e. The summed E-state index contributed by atoms with van der Waals surface area (Å²) in [5, 5.41) is 2.66. The molecule has 1 N–H and O–H groups in total. The van der Waals surface area contributed by atoms with Crippen LogP contribution in [0.15, 0.2) is 6.20 Å². The minimum atomic E-state index is -4.48. The first-order chi connectivity index (χ1) is 8.49. The molecule has 0 saturated carbocycles. The molecule has 0 spiro atoms. The van der Waals surface area contributed by atoms with Gasteiger partial charge in [-0.3, -0.25) is 0 Å². The minimum absolute atomic E-state index is 0.00322. The maximum absolute atomic E-state index is 12.8. The lowest BCUT2D eigenvalue weighted by Gasteiger charge is -2.12. The van der Waals surface area contributed by atoms with E-state index in [0.29, 0.717) is 6.61 Å². The smallest absolute Gasteiger partial charge is 0.373 e. The minimum Gasteiger partial charge on any atom is -0.373 e. The Morgan fingerprint density at radius 2 is 2.11 bits per heavy atom. The second-order valence-corrected chi connectivity index (χ2v) is 3.74. The average molecular weight is 263 g/mol. The van der Waals surface area contributed by atoms with Crippen molar-refractivity contribution in [3.05, 3.63) is 23.3 Å². The molecule has 7 heteroatoms. The zero-order chi connectivity index (χ0) is 13.6. The van der Waals surface area contributed by atoms with E-state index in [9.17, 15) is 13.2 Å². The van der Waals surface area contributed by atoms with Crippen molar-refractivity contribution in [1.29, 1.82) is 0 Å². The van der Waals surface area contributed by atoms with Crippen LogP contribution in [0.25, 0.3) is 0 Å². The summed E-state index contributed by atoms with van der Waals surface area (Å²) in [7, 11) is 1.57. The SMILES string of the molecule is CCCOCc1ncc(CNC)c(C(F)(F)F)n1. The number of hydrogen-bond acceptors (Lipinski definition) is 4. The van der Waals surface area contributed by atoms with Gasteiger partial charge in [0.15, 0.2) is 11.5 Å². The van der Waals surface area contributed by atoms with Crippen LogP contribution in [0.4, 0.5) is 13.2 Å². The van der Waals surface area contributed by atoms with E-state index < -0.39 is 11.9 Å². The van der Waals surface area contributed by atoms with Crippen LogP contribution in [0.2, 0.25) is 0 Å². The third kappa shape index (κ3) is 4.23. The normalized spacial score (nSPS) is 11.8. The summed E-state index contributed by atoms with van der Waals surface area (Å²) < 4.78 is 43.5. The van der Waals surface area contributed by atoms with E-state index in [1.54, 1.807) is 7.05 Å². The van der Waals surface area contributed by atoms with Crippen LogP contribution >= 0.6 is 0 Å². The van der Waals surface area contributed by atoms with E-state index in [1.165, 1.54) is 6.20 Å². The van der Waals surface area contributed by atoms with E-state index >= 15 is 0 Å². The van der Waals surface area contributed by atoms with Gasteiger partial charge in [0, 0.05) is 24.9 Å². The molecule has 0 aliphatic heterocycles. The lowest BCUT2D eigenvalue weighted by atomic mass is 10.2. The Kier molecular flexibility index (Phi) is 5.49. The number of halogens is 3. The predicted octanol–water partition coefficient (Wildman–Crippen LogP) is 2.14. The topological polar surface area (TPSA) is 47.0 Å². The molecular formula is C11H16F3N3O. The molecular weight excluding hydrogens is 247 g/mol. The van der Waals surface area contributed by atoms with Crippen molar-refractivity contribution in [1.82, 2.24) is 15.3 Å². The van der Waals surface area contributed by atoms with Gasteiger partial charge < -0.3 is 10.1 Å². The fourth-order valence-corrected chi connectivity index (χ4v) is 1.39. The van der Waals surface area contributed by atoms with Crippen LogP contribution in [-0.2, 0) is 24.1 Å². The molecule has 4 nitrogen and oxygen atoms in total. The first-order valence-electron chi connectivity index (χ1n) is 5.63. The van der Waals surface area contributed by atoms with Crippen LogP contribution < -0.4 is 5.32 Å². The number of nitrogens with zero attached hydrogens (tertiary/aromatic N) is 2. The van der Waals surface area contributed by atoms with E-state index in [2.05, 4.69) is 15.3 Å². The molecule has 0 atom stereocenters. The number of hydrogen-bond donors (Lipinski definition) is 1. The summed E-state index contributed by atoms with van der Waals surface area (Å²) in [5.41, 5.74) is -0.869. The number of nitrogens with one attached hydrogen (secondary N) is 1. The molecule has 0 radical (unpaired) electrons. The van der Waals surface area contributed by atoms with Crippen molar-refractivity contribution in [3.8, 4) is 0 Å². The van der Waals surface area contributed by atoms with Gasteiger partial charge in [-0.25, -0.2) is 9.97 Å².